The average molecular weight is 286 g/mol. The molecule has 6 nitrogen and oxygen atoms in total. The Kier molecular flexibility index (Phi) is 3.48. The third kappa shape index (κ3) is 2.49. The Balaban J connectivity index is 1.63. The minimum Gasteiger partial charge on any atom is -0.369 e. The van der Waals surface area contributed by atoms with Crippen LogP contribution in [-0.2, 0) is 0 Å². The molecular weight excluding hydrogens is 264 g/mol. The molecule has 0 aromatic carbocycles. The molecule has 0 unspecified atom stereocenters. The molecule has 0 aliphatic carbocycles. The predicted octanol–water partition coefficient (Wildman–Crippen LogP) is 0.606. The molecule has 2 fully saturated rings. The van der Waals surface area contributed by atoms with E-state index in [9.17, 15) is 0 Å². The highest BCUT2D eigenvalue weighted by atomic mass is 15.3. The van der Waals surface area contributed by atoms with Gasteiger partial charge in [0.1, 0.15) is 5.82 Å². The van der Waals surface area contributed by atoms with Gasteiger partial charge in [-0.3, -0.25) is 4.40 Å². The Bertz CT molecular complexity index is 610. The van der Waals surface area contributed by atoms with Gasteiger partial charge in [-0.25, -0.2) is 0 Å². The van der Waals surface area contributed by atoms with Crippen LogP contribution in [0.2, 0.25) is 0 Å². The standard InChI is InChI=1S/C15H22N6/c1-4-16-5-2-12(1)15-19-18-14-11-13(3-8-21(14)15)20-9-6-17-7-10-20/h3,8,11-12,16-17H,1-2,4-7,9-10H2. The Labute approximate surface area is 124 Å². The van der Waals surface area contributed by atoms with Crippen molar-refractivity contribution in [1.82, 2.24) is 25.2 Å². The lowest BCUT2D eigenvalue weighted by Gasteiger charge is -2.29. The molecule has 0 spiro atoms. The van der Waals surface area contributed by atoms with Gasteiger partial charge in [-0.15, -0.1) is 10.2 Å². The van der Waals surface area contributed by atoms with E-state index in [1.54, 1.807) is 0 Å². The summed E-state index contributed by atoms with van der Waals surface area (Å²) in [7, 11) is 0. The average Bonchev–Trinajstić information content (AvgIpc) is 2.99. The summed E-state index contributed by atoms with van der Waals surface area (Å²) in [4.78, 5) is 2.41. The van der Waals surface area contributed by atoms with Gasteiger partial charge >= 0.3 is 0 Å². The summed E-state index contributed by atoms with van der Waals surface area (Å²) in [5, 5.41) is 15.7. The summed E-state index contributed by atoms with van der Waals surface area (Å²) in [5.41, 5.74) is 2.23. The molecule has 0 atom stereocenters. The number of fused-ring (bicyclic) bond motifs is 1. The normalized spacial score (nSPS) is 21.0. The summed E-state index contributed by atoms with van der Waals surface area (Å²) in [5.74, 6) is 1.66. The monoisotopic (exact) mass is 286 g/mol. The second-order valence-corrected chi connectivity index (χ2v) is 5.93. The summed E-state index contributed by atoms with van der Waals surface area (Å²) in [6.07, 6.45) is 4.45. The molecule has 0 amide bonds. The summed E-state index contributed by atoms with van der Waals surface area (Å²) in [6, 6.07) is 4.37. The maximum absolute atomic E-state index is 4.46. The number of anilines is 1. The lowest BCUT2D eigenvalue weighted by atomic mass is 9.97. The molecule has 0 saturated carbocycles. The van der Waals surface area contributed by atoms with Crippen LogP contribution in [0.25, 0.3) is 5.65 Å². The lowest BCUT2D eigenvalue weighted by Crippen LogP contribution is -2.43. The maximum Gasteiger partial charge on any atom is 0.162 e. The number of pyridine rings is 1. The zero-order valence-corrected chi connectivity index (χ0v) is 12.3. The SMILES string of the molecule is c1cn2c(C3CCNCC3)nnc2cc1N1CCNCC1. The number of hydrogen-bond acceptors (Lipinski definition) is 5. The minimum atomic E-state index is 0.534. The molecule has 2 saturated heterocycles. The first-order chi connectivity index (χ1) is 10.4. The van der Waals surface area contributed by atoms with Crippen LogP contribution < -0.4 is 15.5 Å². The van der Waals surface area contributed by atoms with Crippen LogP contribution in [0.15, 0.2) is 18.3 Å². The number of hydrogen-bond donors (Lipinski definition) is 2. The highest BCUT2D eigenvalue weighted by molar-refractivity contribution is 5.56. The molecular formula is C15H22N6. The fourth-order valence-corrected chi connectivity index (χ4v) is 3.38. The van der Waals surface area contributed by atoms with E-state index in [-0.39, 0.29) is 0 Å². The van der Waals surface area contributed by atoms with Gasteiger partial charge in [-0.05, 0) is 32.0 Å². The van der Waals surface area contributed by atoms with Gasteiger partial charge < -0.3 is 15.5 Å². The van der Waals surface area contributed by atoms with E-state index in [0.717, 1.165) is 63.6 Å². The van der Waals surface area contributed by atoms with Gasteiger partial charge in [0, 0.05) is 50.0 Å². The number of nitrogens with zero attached hydrogens (tertiary/aromatic N) is 4. The van der Waals surface area contributed by atoms with E-state index in [2.05, 4.69) is 48.5 Å². The number of nitrogens with one attached hydrogen (secondary N) is 2. The quantitative estimate of drug-likeness (QED) is 0.847. The summed E-state index contributed by atoms with van der Waals surface area (Å²) < 4.78 is 2.17. The fourth-order valence-electron chi connectivity index (χ4n) is 3.38. The molecule has 2 aliphatic heterocycles. The third-order valence-electron chi connectivity index (χ3n) is 4.61. The van der Waals surface area contributed by atoms with Gasteiger partial charge in [0.25, 0.3) is 0 Å². The molecule has 0 bridgehead atoms. The summed E-state index contributed by atoms with van der Waals surface area (Å²) in [6.45, 7) is 6.39. The van der Waals surface area contributed by atoms with Crippen molar-refractivity contribution in [3.8, 4) is 0 Å². The van der Waals surface area contributed by atoms with Crippen LogP contribution in [0, 0.1) is 0 Å². The Morgan fingerprint density at radius 3 is 2.57 bits per heavy atom. The highest BCUT2D eigenvalue weighted by Crippen LogP contribution is 2.25. The second-order valence-electron chi connectivity index (χ2n) is 5.93. The van der Waals surface area contributed by atoms with Gasteiger partial charge in [0.2, 0.25) is 0 Å². The molecule has 112 valence electrons. The predicted molar refractivity (Wildman–Crippen MR) is 82.9 cm³/mol. The fraction of sp³-hybridized carbons (Fsp3) is 0.600. The Morgan fingerprint density at radius 1 is 1.00 bits per heavy atom. The van der Waals surface area contributed by atoms with E-state index in [1.807, 2.05) is 0 Å². The Hall–Kier alpha value is -1.66. The molecule has 2 aliphatic rings. The van der Waals surface area contributed by atoms with E-state index in [4.69, 9.17) is 0 Å². The first-order valence-electron chi connectivity index (χ1n) is 7.93. The topological polar surface area (TPSA) is 57.5 Å². The molecule has 0 radical (unpaired) electrons. The molecule has 6 heteroatoms. The zero-order valence-electron chi connectivity index (χ0n) is 12.3. The first kappa shape index (κ1) is 13.0. The Morgan fingerprint density at radius 2 is 1.76 bits per heavy atom. The molecule has 4 rings (SSSR count). The van der Waals surface area contributed by atoms with Crippen LogP contribution in [0.4, 0.5) is 5.69 Å². The van der Waals surface area contributed by atoms with Crippen molar-refractivity contribution < 1.29 is 0 Å². The van der Waals surface area contributed by atoms with Crippen molar-refractivity contribution in [2.24, 2.45) is 0 Å². The van der Waals surface area contributed by atoms with Crippen LogP contribution in [0.1, 0.15) is 24.6 Å². The largest absolute Gasteiger partial charge is 0.369 e. The van der Waals surface area contributed by atoms with Gasteiger partial charge in [0.15, 0.2) is 5.65 Å². The molecule has 21 heavy (non-hydrogen) atoms. The van der Waals surface area contributed by atoms with Crippen LogP contribution in [-0.4, -0.2) is 53.9 Å². The third-order valence-corrected chi connectivity index (χ3v) is 4.61. The van der Waals surface area contributed by atoms with Crippen LogP contribution >= 0.6 is 0 Å². The van der Waals surface area contributed by atoms with E-state index >= 15 is 0 Å². The second kappa shape index (κ2) is 5.61. The van der Waals surface area contributed by atoms with Crippen LogP contribution in [0.3, 0.4) is 0 Å². The highest BCUT2D eigenvalue weighted by Gasteiger charge is 2.21. The molecule has 4 heterocycles. The number of piperazine rings is 1. The van der Waals surface area contributed by atoms with Gasteiger partial charge in [-0.1, -0.05) is 0 Å². The van der Waals surface area contributed by atoms with E-state index < -0.39 is 0 Å². The molecule has 2 aromatic heterocycles. The van der Waals surface area contributed by atoms with E-state index in [0.29, 0.717) is 5.92 Å². The minimum absolute atomic E-state index is 0.534. The zero-order chi connectivity index (χ0) is 14.1. The number of rotatable bonds is 2. The van der Waals surface area contributed by atoms with Gasteiger partial charge in [0.05, 0.1) is 0 Å². The van der Waals surface area contributed by atoms with Crippen molar-refractivity contribution in [3.05, 3.63) is 24.2 Å². The molecule has 2 N–H and O–H groups in total. The number of aromatic nitrogens is 3. The van der Waals surface area contributed by atoms with E-state index in [1.165, 1.54) is 5.69 Å². The van der Waals surface area contributed by atoms with Crippen molar-refractivity contribution in [3.63, 3.8) is 0 Å². The summed E-state index contributed by atoms with van der Waals surface area (Å²) >= 11 is 0. The van der Waals surface area contributed by atoms with Crippen molar-refractivity contribution >= 4 is 11.3 Å². The first-order valence-corrected chi connectivity index (χ1v) is 7.93. The molecule has 2 aromatic rings. The maximum atomic E-state index is 4.46. The van der Waals surface area contributed by atoms with Crippen molar-refractivity contribution in [2.75, 3.05) is 44.2 Å². The van der Waals surface area contributed by atoms with Gasteiger partial charge in [-0.2, -0.15) is 0 Å². The van der Waals surface area contributed by atoms with Crippen molar-refractivity contribution in [2.45, 2.75) is 18.8 Å². The smallest absolute Gasteiger partial charge is 0.162 e. The van der Waals surface area contributed by atoms with Crippen molar-refractivity contribution in [1.29, 1.82) is 0 Å². The lowest BCUT2D eigenvalue weighted by molar-refractivity contribution is 0.442. The van der Waals surface area contributed by atoms with Crippen LogP contribution in [0.5, 0.6) is 0 Å². The number of piperidine rings is 1.